The van der Waals surface area contributed by atoms with Crippen LogP contribution in [0.3, 0.4) is 0 Å². The average molecular weight is 339 g/mol. The summed E-state index contributed by atoms with van der Waals surface area (Å²) in [5, 5.41) is 10.3. The van der Waals surface area contributed by atoms with Crippen molar-refractivity contribution in [2.75, 3.05) is 0 Å². The highest BCUT2D eigenvalue weighted by Gasteiger charge is 2.26. The first-order valence-corrected chi connectivity index (χ1v) is 8.88. The third-order valence-electron chi connectivity index (χ3n) is 3.92. The van der Waals surface area contributed by atoms with Crippen LogP contribution in [-0.4, -0.2) is 20.1 Å². The lowest BCUT2D eigenvalue weighted by molar-refractivity contribution is 0.443. The maximum atomic E-state index is 9.74. The van der Waals surface area contributed by atoms with Gasteiger partial charge in [-0.25, -0.2) is 9.97 Å². The van der Waals surface area contributed by atoms with Gasteiger partial charge in [0.05, 0.1) is 17.6 Å². The smallest absolute Gasteiger partial charge is 0.215 e. The Morgan fingerprint density at radius 2 is 2.00 bits per heavy atom. The lowest BCUT2D eigenvalue weighted by Gasteiger charge is -2.02. The van der Waals surface area contributed by atoms with Gasteiger partial charge < -0.3 is 9.52 Å². The molecule has 1 aliphatic rings. The zero-order valence-corrected chi connectivity index (χ0v) is 14.1. The third kappa shape index (κ3) is 3.43. The van der Waals surface area contributed by atoms with Crippen molar-refractivity contribution in [3.05, 3.63) is 53.7 Å². The molecule has 122 valence electrons. The Kier molecular flexibility index (Phi) is 3.98. The van der Waals surface area contributed by atoms with E-state index < -0.39 is 0 Å². The van der Waals surface area contributed by atoms with E-state index in [9.17, 15) is 5.11 Å². The molecule has 0 atom stereocenters. The van der Waals surface area contributed by atoms with Gasteiger partial charge in [0.1, 0.15) is 0 Å². The number of aromatic hydroxyl groups is 1. The number of benzene rings is 1. The zero-order valence-electron chi connectivity index (χ0n) is 13.3. The van der Waals surface area contributed by atoms with E-state index in [0.29, 0.717) is 22.7 Å². The van der Waals surface area contributed by atoms with Crippen LogP contribution >= 0.6 is 11.8 Å². The molecular weight excluding hydrogens is 322 g/mol. The number of hydrogen-bond acceptors (Lipinski definition) is 6. The van der Waals surface area contributed by atoms with Crippen molar-refractivity contribution in [2.45, 2.75) is 36.6 Å². The first-order chi connectivity index (χ1) is 11.7. The summed E-state index contributed by atoms with van der Waals surface area (Å²) in [6.07, 6.45) is 4.01. The summed E-state index contributed by atoms with van der Waals surface area (Å²) in [6, 6.07) is 9.79. The van der Waals surface area contributed by atoms with Crippen LogP contribution in [0.5, 0.6) is 5.88 Å². The van der Waals surface area contributed by atoms with E-state index in [1.54, 1.807) is 12.3 Å². The summed E-state index contributed by atoms with van der Waals surface area (Å²) in [7, 11) is 0. The highest BCUT2D eigenvalue weighted by molar-refractivity contribution is 7.98. The van der Waals surface area contributed by atoms with E-state index in [4.69, 9.17) is 4.42 Å². The second-order valence-corrected chi connectivity index (χ2v) is 6.92. The van der Waals surface area contributed by atoms with Gasteiger partial charge >= 0.3 is 0 Å². The number of rotatable bonds is 5. The van der Waals surface area contributed by atoms with Crippen LogP contribution in [0.4, 0.5) is 0 Å². The Morgan fingerprint density at radius 3 is 2.75 bits per heavy atom. The fourth-order valence-corrected chi connectivity index (χ4v) is 3.15. The molecule has 0 radical (unpaired) electrons. The van der Waals surface area contributed by atoms with Crippen LogP contribution in [0.15, 0.2) is 46.1 Å². The van der Waals surface area contributed by atoms with Crippen molar-refractivity contribution >= 4 is 11.8 Å². The van der Waals surface area contributed by atoms with Crippen LogP contribution in [0, 0.1) is 6.92 Å². The first kappa shape index (κ1) is 15.2. The average Bonchev–Trinajstić information content (AvgIpc) is 3.32. The summed E-state index contributed by atoms with van der Waals surface area (Å²) < 4.78 is 5.80. The minimum atomic E-state index is 0.0298. The Labute approximate surface area is 144 Å². The summed E-state index contributed by atoms with van der Waals surface area (Å²) in [4.78, 5) is 12.9. The van der Waals surface area contributed by atoms with Gasteiger partial charge in [-0.3, -0.25) is 0 Å². The molecule has 2 aromatic heterocycles. The summed E-state index contributed by atoms with van der Waals surface area (Å²) in [6.45, 7) is 2.05. The van der Waals surface area contributed by atoms with Crippen LogP contribution in [0.2, 0.25) is 0 Å². The van der Waals surface area contributed by atoms with Crippen LogP contribution in [0.25, 0.3) is 11.3 Å². The number of nitrogens with zero attached hydrogens (tertiary/aromatic N) is 3. The lowest BCUT2D eigenvalue weighted by atomic mass is 10.1. The summed E-state index contributed by atoms with van der Waals surface area (Å²) in [5.41, 5.74) is 3.15. The minimum Gasteiger partial charge on any atom is -0.493 e. The van der Waals surface area contributed by atoms with Gasteiger partial charge in [0, 0.05) is 17.5 Å². The molecule has 4 rings (SSSR count). The number of aromatic nitrogens is 3. The van der Waals surface area contributed by atoms with Gasteiger partial charge in [-0.15, -0.1) is 0 Å². The molecule has 0 bridgehead atoms. The van der Waals surface area contributed by atoms with E-state index in [-0.39, 0.29) is 5.88 Å². The predicted octanol–water partition coefficient (Wildman–Crippen LogP) is 4.32. The normalized spacial score (nSPS) is 14.0. The second-order valence-electron chi connectivity index (χ2n) is 5.98. The van der Waals surface area contributed by atoms with Crippen molar-refractivity contribution < 1.29 is 9.52 Å². The second kappa shape index (κ2) is 6.28. The van der Waals surface area contributed by atoms with E-state index in [2.05, 4.69) is 21.9 Å². The van der Waals surface area contributed by atoms with Crippen molar-refractivity contribution in [3.63, 3.8) is 0 Å². The maximum Gasteiger partial charge on any atom is 0.215 e. The van der Waals surface area contributed by atoms with E-state index in [0.717, 1.165) is 29.9 Å². The molecule has 1 saturated carbocycles. The minimum absolute atomic E-state index is 0.0298. The molecule has 6 heteroatoms. The SMILES string of the molecule is Cc1ccc(-c2cnc(CSc3nc(O)cc(C4CC4)n3)o2)cc1. The molecule has 1 aliphatic carbocycles. The Hall–Kier alpha value is -2.34. The highest BCUT2D eigenvalue weighted by atomic mass is 32.2. The van der Waals surface area contributed by atoms with Gasteiger partial charge in [-0.2, -0.15) is 4.98 Å². The van der Waals surface area contributed by atoms with Crippen LogP contribution < -0.4 is 0 Å². The molecule has 5 nitrogen and oxygen atoms in total. The van der Waals surface area contributed by atoms with Crippen LogP contribution in [-0.2, 0) is 5.75 Å². The molecule has 1 N–H and O–H groups in total. The zero-order chi connectivity index (χ0) is 16.5. The lowest BCUT2D eigenvalue weighted by Crippen LogP contribution is -1.93. The van der Waals surface area contributed by atoms with E-state index in [1.807, 2.05) is 24.3 Å². The Balaban J connectivity index is 1.46. The van der Waals surface area contributed by atoms with E-state index >= 15 is 0 Å². The number of oxazole rings is 1. The molecular formula is C18H17N3O2S. The number of aryl methyl sites for hydroxylation is 1. The molecule has 24 heavy (non-hydrogen) atoms. The van der Waals surface area contributed by atoms with E-state index in [1.165, 1.54) is 17.3 Å². The summed E-state index contributed by atoms with van der Waals surface area (Å²) in [5.74, 6) is 2.41. The van der Waals surface area contributed by atoms with Crippen molar-refractivity contribution in [2.24, 2.45) is 0 Å². The monoisotopic (exact) mass is 339 g/mol. The van der Waals surface area contributed by atoms with Gasteiger partial charge in [0.15, 0.2) is 10.9 Å². The van der Waals surface area contributed by atoms with Gasteiger partial charge in [-0.1, -0.05) is 41.6 Å². The third-order valence-corrected chi connectivity index (χ3v) is 4.75. The quantitative estimate of drug-likeness (QED) is 0.551. The van der Waals surface area contributed by atoms with Crippen LogP contribution in [0.1, 0.15) is 35.9 Å². The molecule has 1 aromatic carbocycles. The van der Waals surface area contributed by atoms with Gasteiger partial charge in [0.2, 0.25) is 11.8 Å². The predicted molar refractivity (Wildman–Crippen MR) is 91.9 cm³/mol. The molecule has 2 heterocycles. The van der Waals surface area contributed by atoms with Crippen molar-refractivity contribution in [3.8, 4) is 17.2 Å². The van der Waals surface area contributed by atoms with Gasteiger partial charge in [0.25, 0.3) is 0 Å². The molecule has 0 amide bonds. The molecule has 3 aromatic rings. The van der Waals surface area contributed by atoms with Crippen molar-refractivity contribution in [1.82, 2.24) is 15.0 Å². The number of hydrogen-bond donors (Lipinski definition) is 1. The first-order valence-electron chi connectivity index (χ1n) is 7.90. The topological polar surface area (TPSA) is 72.0 Å². The standard InChI is InChI=1S/C18H17N3O2S/c1-11-2-4-13(5-3-11)15-9-19-17(23-15)10-24-18-20-14(12-6-7-12)8-16(22)21-18/h2-5,8-9,12H,6-7,10H2,1H3,(H,20,21,22). The molecule has 1 fully saturated rings. The Bertz CT molecular complexity index is 857. The molecule has 0 aliphatic heterocycles. The Morgan fingerprint density at radius 1 is 1.21 bits per heavy atom. The fraction of sp³-hybridized carbons (Fsp3) is 0.278. The largest absolute Gasteiger partial charge is 0.493 e. The molecule has 0 saturated heterocycles. The highest BCUT2D eigenvalue weighted by Crippen LogP contribution is 2.40. The molecule has 0 unspecified atom stereocenters. The number of thioether (sulfide) groups is 1. The fourth-order valence-electron chi connectivity index (χ4n) is 2.44. The molecule has 0 spiro atoms. The maximum absolute atomic E-state index is 9.74. The summed E-state index contributed by atoms with van der Waals surface area (Å²) >= 11 is 1.42. The van der Waals surface area contributed by atoms with Crippen molar-refractivity contribution in [1.29, 1.82) is 0 Å². The van der Waals surface area contributed by atoms with Gasteiger partial charge in [-0.05, 0) is 19.8 Å².